The van der Waals surface area contributed by atoms with Gasteiger partial charge in [-0.25, -0.2) is 0 Å². The summed E-state index contributed by atoms with van der Waals surface area (Å²) < 4.78 is 26.7. The Morgan fingerprint density at radius 3 is 1.78 bits per heavy atom. The van der Waals surface area contributed by atoms with Crippen LogP contribution in [0.5, 0.6) is 0 Å². The van der Waals surface area contributed by atoms with E-state index in [1.807, 2.05) is 112 Å². The van der Waals surface area contributed by atoms with Crippen molar-refractivity contribution < 1.29 is 18.6 Å². The predicted molar refractivity (Wildman–Crippen MR) is 127 cm³/mol. The van der Waals surface area contributed by atoms with Crippen molar-refractivity contribution in [2.45, 2.75) is 38.9 Å². The van der Waals surface area contributed by atoms with Gasteiger partial charge in [0.2, 0.25) is 0 Å². The molecule has 1 saturated carbocycles. The van der Waals surface area contributed by atoms with Gasteiger partial charge in [0.15, 0.2) is 0 Å². The van der Waals surface area contributed by atoms with Gasteiger partial charge in [0.25, 0.3) is 7.37 Å². The molecule has 1 aliphatic carbocycles. The molecule has 3 aromatic carbocycles. The molecule has 4 rings (SSSR count). The molecule has 0 aromatic heterocycles. The monoisotopic (exact) mass is 448 g/mol. The molecule has 0 N–H and O–H groups in total. The van der Waals surface area contributed by atoms with Crippen LogP contribution in [-0.2, 0) is 18.6 Å². The lowest BCUT2D eigenvalue weighted by atomic mass is 10.0. The van der Waals surface area contributed by atoms with Crippen molar-refractivity contribution in [3.05, 3.63) is 96.6 Å². The number of rotatable bonds is 7. The van der Waals surface area contributed by atoms with E-state index >= 15 is 0 Å². The maximum Gasteiger partial charge on any atom is 0.309 e. The Morgan fingerprint density at radius 1 is 0.844 bits per heavy atom. The highest BCUT2D eigenvalue weighted by Gasteiger charge is 2.52. The van der Waals surface area contributed by atoms with E-state index in [1.54, 1.807) is 0 Å². The Hall–Kier alpha value is -2.68. The summed E-state index contributed by atoms with van der Waals surface area (Å²) >= 11 is 0. The summed E-state index contributed by atoms with van der Waals surface area (Å²) in [5.41, 5.74) is 0.368. The zero-order chi connectivity index (χ0) is 22.8. The van der Waals surface area contributed by atoms with Crippen molar-refractivity contribution in [1.82, 2.24) is 0 Å². The molecule has 4 nitrogen and oxygen atoms in total. The minimum atomic E-state index is -3.41. The number of hydrogen-bond donors (Lipinski definition) is 0. The molecule has 0 amide bonds. The number of esters is 1. The largest absolute Gasteiger partial charge is 0.460 e. The van der Waals surface area contributed by atoms with Gasteiger partial charge in [-0.1, -0.05) is 66.7 Å². The standard InChI is InChI=1S/C27H29O4P/c1-27(2,3)30-26(28)24-19-23(24)25(20-13-7-4-8-14-20)31-32(29,21-15-9-5-10-16-21)22-17-11-6-12-18-22/h4-18,23-25H,19H2,1-3H3/t23-,24-,25-/m1/s1. The van der Waals surface area contributed by atoms with Crippen molar-refractivity contribution in [3.63, 3.8) is 0 Å². The van der Waals surface area contributed by atoms with Crippen molar-refractivity contribution in [2.75, 3.05) is 0 Å². The average Bonchev–Trinajstić information content (AvgIpc) is 3.59. The van der Waals surface area contributed by atoms with E-state index in [0.717, 1.165) is 5.56 Å². The van der Waals surface area contributed by atoms with Crippen molar-refractivity contribution >= 4 is 23.9 Å². The Balaban J connectivity index is 1.70. The lowest BCUT2D eigenvalue weighted by Gasteiger charge is -2.27. The maximum absolute atomic E-state index is 14.5. The normalized spacial score (nSPS) is 19.2. The first kappa shape index (κ1) is 22.5. The summed E-state index contributed by atoms with van der Waals surface area (Å²) in [4.78, 5) is 12.7. The van der Waals surface area contributed by atoms with E-state index in [0.29, 0.717) is 17.0 Å². The second-order valence-electron chi connectivity index (χ2n) is 9.20. The fourth-order valence-corrected chi connectivity index (χ4v) is 6.17. The molecular formula is C27H29O4P. The number of ether oxygens (including phenoxy) is 1. The lowest BCUT2D eigenvalue weighted by Crippen LogP contribution is -2.26. The first-order valence-electron chi connectivity index (χ1n) is 11.0. The molecule has 1 aliphatic rings. The zero-order valence-electron chi connectivity index (χ0n) is 18.7. The van der Waals surface area contributed by atoms with Gasteiger partial charge in [-0.15, -0.1) is 0 Å². The molecule has 3 aromatic rings. The van der Waals surface area contributed by atoms with E-state index in [4.69, 9.17) is 9.26 Å². The lowest BCUT2D eigenvalue weighted by molar-refractivity contribution is -0.157. The fourth-order valence-electron chi connectivity index (χ4n) is 3.91. The molecule has 0 unspecified atom stereocenters. The van der Waals surface area contributed by atoms with Crippen LogP contribution in [0.1, 0.15) is 38.9 Å². The van der Waals surface area contributed by atoms with Gasteiger partial charge in [-0.3, -0.25) is 9.36 Å². The number of carbonyl (C=O) groups is 1. The van der Waals surface area contributed by atoms with E-state index in [9.17, 15) is 9.36 Å². The third kappa shape index (κ3) is 5.03. The van der Waals surface area contributed by atoms with Crippen molar-refractivity contribution in [1.29, 1.82) is 0 Å². The van der Waals surface area contributed by atoms with Gasteiger partial charge >= 0.3 is 5.97 Å². The van der Waals surface area contributed by atoms with Crippen molar-refractivity contribution in [3.8, 4) is 0 Å². The highest BCUT2D eigenvalue weighted by molar-refractivity contribution is 7.74. The molecule has 0 saturated heterocycles. The first-order chi connectivity index (χ1) is 15.3. The van der Waals surface area contributed by atoms with Gasteiger partial charge in [-0.05, 0) is 57.0 Å². The SMILES string of the molecule is CC(C)(C)OC(=O)[C@@H]1C[C@H]1[C@H](OP(=O)(c1ccccc1)c1ccccc1)c1ccccc1. The molecule has 1 fully saturated rings. The van der Waals surface area contributed by atoms with E-state index in [1.165, 1.54) is 0 Å². The second kappa shape index (κ2) is 9.05. The van der Waals surface area contributed by atoms with Crippen LogP contribution in [0, 0.1) is 11.8 Å². The Kier molecular flexibility index (Phi) is 6.37. The molecule has 0 heterocycles. The Labute approximate surface area is 190 Å². The van der Waals surface area contributed by atoms with E-state index in [-0.39, 0.29) is 17.8 Å². The maximum atomic E-state index is 14.5. The first-order valence-corrected chi connectivity index (χ1v) is 12.6. The fraction of sp³-hybridized carbons (Fsp3) is 0.296. The molecule has 3 atom stereocenters. The second-order valence-corrected chi connectivity index (χ2v) is 11.5. The van der Waals surface area contributed by atoms with Gasteiger partial charge in [0.05, 0.1) is 12.0 Å². The third-order valence-corrected chi connectivity index (χ3v) is 8.00. The third-order valence-electron chi connectivity index (χ3n) is 5.52. The smallest absolute Gasteiger partial charge is 0.309 e. The topological polar surface area (TPSA) is 52.6 Å². The van der Waals surface area contributed by atoms with E-state index in [2.05, 4.69) is 0 Å². The number of carbonyl (C=O) groups excluding carboxylic acids is 1. The van der Waals surface area contributed by atoms with Crippen molar-refractivity contribution in [2.24, 2.45) is 11.8 Å². The highest BCUT2D eigenvalue weighted by Crippen LogP contribution is 2.57. The summed E-state index contributed by atoms with van der Waals surface area (Å²) in [5, 5.41) is 1.28. The van der Waals surface area contributed by atoms with Crippen LogP contribution < -0.4 is 10.6 Å². The molecule has 0 bridgehead atoms. The number of hydrogen-bond acceptors (Lipinski definition) is 4. The number of benzene rings is 3. The minimum absolute atomic E-state index is 0.0898. The molecule has 0 spiro atoms. The van der Waals surface area contributed by atoms with Crippen LogP contribution in [0.25, 0.3) is 0 Å². The highest BCUT2D eigenvalue weighted by atomic mass is 31.2. The van der Waals surface area contributed by atoms with Gasteiger partial charge in [0.1, 0.15) is 5.60 Å². The average molecular weight is 448 g/mol. The molecule has 166 valence electrons. The summed E-state index contributed by atoms with van der Waals surface area (Å²) in [7, 11) is -3.41. The van der Waals surface area contributed by atoms with Gasteiger partial charge < -0.3 is 9.26 Å². The molecule has 5 heteroatoms. The zero-order valence-corrected chi connectivity index (χ0v) is 19.6. The van der Waals surface area contributed by atoms with E-state index < -0.39 is 19.1 Å². The summed E-state index contributed by atoms with van der Waals surface area (Å²) in [6, 6.07) is 28.4. The Bertz CT molecular complexity index is 1050. The van der Waals surface area contributed by atoms with Gasteiger partial charge in [-0.2, -0.15) is 0 Å². The predicted octanol–water partition coefficient (Wildman–Crippen LogP) is 5.65. The molecular weight excluding hydrogens is 419 g/mol. The van der Waals surface area contributed by atoms with Crippen LogP contribution in [0.4, 0.5) is 0 Å². The summed E-state index contributed by atoms with van der Waals surface area (Å²) in [5.74, 6) is -0.575. The Morgan fingerprint density at radius 2 is 1.31 bits per heavy atom. The quantitative estimate of drug-likeness (QED) is 0.346. The molecule has 32 heavy (non-hydrogen) atoms. The van der Waals surface area contributed by atoms with Crippen LogP contribution in [-0.4, -0.2) is 11.6 Å². The van der Waals surface area contributed by atoms with Crippen LogP contribution in [0.3, 0.4) is 0 Å². The van der Waals surface area contributed by atoms with Crippen LogP contribution in [0.15, 0.2) is 91.0 Å². The summed E-state index contributed by atoms with van der Waals surface area (Å²) in [6.07, 6.45) is 0.165. The molecule has 0 radical (unpaired) electrons. The minimum Gasteiger partial charge on any atom is -0.460 e. The van der Waals surface area contributed by atoms with Gasteiger partial charge in [0, 0.05) is 16.5 Å². The van der Waals surface area contributed by atoms with Crippen LogP contribution in [0.2, 0.25) is 0 Å². The van der Waals surface area contributed by atoms with Crippen LogP contribution >= 0.6 is 7.37 Å². The molecule has 0 aliphatic heterocycles. The summed E-state index contributed by atoms with van der Waals surface area (Å²) in [6.45, 7) is 5.60.